The number of benzene rings is 2. The molecule has 0 aromatic heterocycles. The number of Topliss-reactive ketones (excluding diaryl/α,β-unsaturated/α-hetero) is 1. The van der Waals surface area contributed by atoms with Crippen molar-refractivity contribution in [2.75, 3.05) is 63.2 Å². The molecule has 2 aliphatic rings. The minimum Gasteiger partial charge on any atom is -0.442 e. The minimum absolute atomic E-state index is 0.0514. The lowest BCUT2D eigenvalue weighted by Crippen LogP contribution is -2.49. The Labute approximate surface area is 246 Å². The molecule has 0 aliphatic carbocycles. The maximum atomic E-state index is 15.2. The minimum atomic E-state index is -0.515. The van der Waals surface area contributed by atoms with Crippen molar-refractivity contribution < 1.29 is 23.5 Å². The molecule has 41 heavy (non-hydrogen) atoms. The maximum absolute atomic E-state index is 15.2. The van der Waals surface area contributed by atoms with Crippen LogP contribution in [0.4, 0.5) is 20.6 Å². The highest BCUT2D eigenvalue weighted by molar-refractivity contribution is 7.80. The van der Waals surface area contributed by atoms with Crippen molar-refractivity contribution in [2.24, 2.45) is 0 Å². The Balaban J connectivity index is 1.25. The molecule has 2 saturated heterocycles. The van der Waals surface area contributed by atoms with Crippen LogP contribution < -0.4 is 15.1 Å². The van der Waals surface area contributed by atoms with Gasteiger partial charge in [0.25, 0.3) is 0 Å². The number of hydrogen-bond donors (Lipinski definition) is 1. The number of cyclic esters (lactones) is 1. The third-order valence-corrected chi connectivity index (χ3v) is 7.71. The van der Waals surface area contributed by atoms with Crippen LogP contribution in [0.3, 0.4) is 0 Å². The summed E-state index contributed by atoms with van der Waals surface area (Å²) >= 11 is 5.16. The zero-order valence-corrected chi connectivity index (χ0v) is 24.7. The average Bonchev–Trinajstić information content (AvgIpc) is 3.34. The van der Waals surface area contributed by atoms with Gasteiger partial charge in [0.1, 0.15) is 11.9 Å². The molecule has 2 aromatic carbocycles. The number of carbonyl (C=O) groups excluding carboxylic acids is 3. The first kappa shape index (κ1) is 30.4. The first-order valence-corrected chi connectivity index (χ1v) is 14.4. The van der Waals surface area contributed by atoms with Gasteiger partial charge in [-0.15, -0.1) is 0 Å². The van der Waals surface area contributed by atoms with Crippen LogP contribution in [-0.4, -0.2) is 92.0 Å². The van der Waals surface area contributed by atoms with Gasteiger partial charge in [0.05, 0.1) is 29.5 Å². The SMILES string of the molecule is CCC(=S)NCC1CN(c2ccc(N3CCN(C(=O)CCC(=O)c4ccc(CN(C)C)cc4)CC3)c(F)c2)C(=O)O1. The number of anilines is 2. The quantitative estimate of drug-likeness (QED) is 0.316. The summed E-state index contributed by atoms with van der Waals surface area (Å²) in [6.07, 6.45) is 0.126. The van der Waals surface area contributed by atoms with E-state index in [2.05, 4.69) is 10.2 Å². The van der Waals surface area contributed by atoms with Crippen LogP contribution in [0.15, 0.2) is 42.5 Å². The normalized spacial score (nSPS) is 17.1. The molecular formula is C30H38FN5O4S. The fourth-order valence-corrected chi connectivity index (χ4v) is 5.08. The van der Waals surface area contributed by atoms with Crippen LogP contribution in [0.1, 0.15) is 42.1 Å². The Morgan fingerprint density at radius 1 is 1.07 bits per heavy atom. The van der Waals surface area contributed by atoms with E-state index in [9.17, 15) is 14.4 Å². The third-order valence-electron chi connectivity index (χ3n) is 7.28. The maximum Gasteiger partial charge on any atom is 0.414 e. The molecule has 2 heterocycles. The lowest BCUT2D eigenvalue weighted by atomic mass is 10.0. The molecule has 220 valence electrons. The topological polar surface area (TPSA) is 85.4 Å². The molecule has 1 unspecified atom stereocenters. The van der Waals surface area contributed by atoms with Crippen molar-refractivity contribution >= 4 is 46.4 Å². The van der Waals surface area contributed by atoms with Gasteiger partial charge in [0.15, 0.2) is 5.78 Å². The van der Waals surface area contributed by atoms with Gasteiger partial charge in [0, 0.05) is 51.1 Å². The second-order valence-electron chi connectivity index (χ2n) is 10.6. The van der Waals surface area contributed by atoms with E-state index < -0.39 is 11.9 Å². The van der Waals surface area contributed by atoms with Gasteiger partial charge < -0.3 is 24.8 Å². The number of ketones is 1. The Morgan fingerprint density at radius 3 is 2.41 bits per heavy atom. The molecule has 1 N–H and O–H groups in total. The highest BCUT2D eigenvalue weighted by Gasteiger charge is 2.33. The van der Waals surface area contributed by atoms with Gasteiger partial charge in [0.2, 0.25) is 5.91 Å². The van der Waals surface area contributed by atoms with E-state index in [0.717, 1.165) is 12.1 Å². The fourth-order valence-electron chi connectivity index (χ4n) is 4.99. The van der Waals surface area contributed by atoms with Crippen LogP contribution in [0.5, 0.6) is 0 Å². The lowest BCUT2D eigenvalue weighted by molar-refractivity contribution is -0.131. The van der Waals surface area contributed by atoms with Gasteiger partial charge in [-0.05, 0) is 44.3 Å². The second-order valence-corrected chi connectivity index (χ2v) is 11.1. The molecule has 4 rings (SSSR count). The zero-order chi connectivity index (χ0) is 29.5. The van der Waals surface area contributed by atoms with E-state index in [-0.39, 0.29) is 30.6 Å². The van der Waals surface area contributed by atoms with Crippen molar-refractivity contribution in [1.82, 2.24) is 15.1 Å². The summed E-state index contributed by atoms with van der Waals surface area (Å²) in [6.45, 7) is 5.30. The molecule has 9 nitrogen and oxygen atoms in total. The number of rotatable bonds is 11. The number of nitrogens with zero attached hydrogens (tertiary/aromatic N) is 4. The Morgan fingerprint density at radius 2 is 1.78 bits per heavy atom. The number of amides is 2. The average molecular weight is 584 g/mol. The summed E-state index contributed by atoms with van der Waals surface area (Å²) < 4.78 is 20.5. The van der Waals surface area contributed by atoms with Crippen molar-refractivity contribution in [1.29, 1.82) is 0 Å². The number of hydrogen-bond acceptors (Lipinski definition) is 7. The zero-order valence-electron chi connectivity index (χ0n) is 23.9. The number of ether oxygens (including phenoxy) is 1. The molecule has 1 atom stereocenters. The van der Waals surface area contributed by atoms with Gasteiger partial charge >= 0.3 is 6.09 Å². The summed E-state index contributed by atoms with van der Waals surface area (Å²) in [5.41, 5.74) is 2.59. The molecule has 2 fully saturated rings. The second kappa shape index (κ2) is 13.9. The number of piperazine rings is 1. The molecular weight excluding hydrogens is 545 g/mol. The number of nitrogens with one attached hydrogen (secondary N) is 1. The Kier molecular flexibility index (Phi) is 10.3. The van der Waals surface area contributed by atoms with Crippen molar-refractivity contribution in [3.8, 4) is 0 Å². The smallest absolute Gasteiger partial charge is 0.414 e. The van der Waals surface area contributed by atoms with E-state index in [0.29, 0.717) is 67.6 Å². The molecule has 2 aliphatic heterocycles. The van der Waals surface area contributed by atoms with E-state index in [1.54, 1.807) is 17.0 Å². The fraction of sp³-hybridized carbons (Fsp3) is 0.467. The molecule has 0 bridgehead atoms. The van der Waals surface area contributed by atoms with Gasteiger partial charge in [-0.1, -0.05) is 43.4 Å². The largest absolute Gasteiger partial charge is 0.442 e. The van der Waals surface area contributed by atoms with Crippen LogP contribution in [0, 0.1) is 5.82 Å². The van der Waals surface area contributed by atoms with E-state index >= 15 is 4.39 Å². The number of thiocarbonyl (C=S) groups is 1. The third kappa shape index (κ3) is 8.01. The van der Waals surface area contributed by atoms with Crippen LogP contribution in [0.2, 0.25) is 0 Å². The number of carbonyl (C=O) groups is 3. The van der Waals surface area contributed by atoms with Crippen LogP contribution >= 0.6 is 12.2 Å². The summed E-state index contributed by atoms with van der Waals surface area (Å²) in [7, 11) is 3.98. The summed E-state index contributed by atoms with van der Waals surface area (Å²) in [5, 5.41) is 3.07. The first-order chi connectivity index (χ1) is 19.6. The van der Waals surface area contributed by atoms with Gasteiger partial charge in [-0.2, -0.15) is 0 Å². The highest BCUT2D eigenvalue weighted by Crippen LogP contribution is 2.28. The molecule has 2 aromatic rings. The molecule has 0 spiro atoms. The predicted octanol–water partition coefficient (Wildman–Crippen LogP) is 3.85. The number of halogens is 1. The van der Waals surface area contributed by atoms with E-state index in [1.807, 2.05) is 50.2 Å². The monoisotopic (exact) mass is 583 g/mol. The summed E-state index contributed by atoms with van der Waals surface area (Å²) in [5.74, 6) is -0.565. The Hall–Kier alpha value is -3.57. The standard InChI is InChI=1S/C30H38FN5O4S/c1-4-28(41)32-18-24-20-36(30(39)40-24)23-9-10-26(25(31)17-23)34-13-15-35(16-14-34)29(38)12-11-27(37)22-7-5-21(6-8-22)19-33(2)3/h5-10,17,24H,4,11-16,18-20H2,1-3H3,(H,32,41). The van der Waals surface area contributed by atoms with E-state index in [4.69, 9.17) is 17.0 Å². The van der Waals surface area contributed by atoms with E-state index in [1.165, 1.54) is 11.0 Å². The lowest BCUT2D eigenvalue weighted by Gasteiger charge is -2.36. The molecule has 11 heteroatoms. The van der Waals surface area contributed by atoms with Crippen molar-refractivity contribution in [2.45, 2.75) is 38.8 Å². The van der Waals surface area contributed by atoms with Crippen LogP contribution in [0.25, 0.3) is 0 Å². The molecule has 0 saturated carbocycles. The van der Waals surface area contributed by atoms with Gasteiger partial charge in [-0.3, -0.25) is 14.5 Å². The summed E-state index contributed by atoms with van der Waals surface area (Å²) in [4.78, 5) is 45.6. The van der Waals surface area contributed by atoms with Crippen molar-refractivity contribution in [3.63, 3.8) is 0 Å². The molecule has 0 radical (unpaired) electrons. The van der Waals surface area contributed by atoms with Gasteiger partial charge in [-0.25, -0.2) is 9.18 Å². The summed E-state index contributed by atoms with van der Waals surface area (Å²) in [6, 6.07) is 12.2. The Bertz CT molecular complexity index is 1260. The highest BCUT2D eigenvalue weighted by atomic mass is 32.1. The predicted molar refractivity (Wildman–Crippen MR) is 161 cm³/mol. The first-order valence-electron chi connectivity index (χ1n) is 14.0. The van der Waals surface area contributed by atoms with Crippen LogP contribution in [-0.2, 0) is 16.1 Å². The molecule has 2 amide bonds. The van der Waals surface area contributed by atoms with Crippen molar-refractivity contribution in [3.05, 3.63) is 59.4 Å².